The molecule has 0 spiro atoms. The third kappa shape index (κ3) is 7.36. The molecule has 0 aliphatic carbocycles. The SMILES string of the molecule is [2H]c1nc(-c2cc(-c3cccc4c3nc(-c3cc(C)cc(C)c3O)n4-c3ccc(-c4ccccc4)c(CC)c3)cc(C(C)(C)C)c2)c([2H])c(-c2c([2H])c([2H])c(C(C([2H])([2H])[2H])(C([2H])([2H])[2H])C([2H])([2H])[2H])c([2H])c2[2H])c1[2H]. The van der Waals surface area contributed by atoms with E-state index in [1.165, 1.54) is 0 Å². The van der Waals surface area contributed by atoms with Gasteiger partial charge in [0, 0.05) is 35.3 Å². The second-order valence-electron chi connectivity index (χ2n) is 15.7. The zero-order valence-electron chi connectivity index (χ0n) is 49.2. The number of phenolic OH excluding ortho intramolecular Hbond substituents is 1. The third-order valence-corrected chi connectivity index (χ3v) is 10.4. The Bertz CT molecular complexity index is 3490. The lowest BCUT2D eigenvalue weighted by Gasteiger charge is -2.22. The number of aromatic hydroxyl groups is 1. The van der Waals surface area contributed by atoms with Crippen molar-refractivity contribution in [2.45, 2.75) is 79.3 Å². The van der Waals surface area contributed by atoms with Crippen molar-refractivity contribution in [3.05, 3.63) is 167 Å². The van der Waals surface area contributed by atoms with Gasteiger partial charge >= 0.3 is 0 Å². The number of benzene rings is 6. The minimum Gasteiger partial charge on any atom is -0.507 e. The van der Waals surface area contributed by atoms with Crippen LogP contribution >= 0.6 is 0 Å². The Hall–Kier alpha value is -6.26. The summed E-state index contributed by atoms with van der Waals surface area (Å²) in [5.74, 6) is 0.543. The lowest BCUT2D eigenvalue weighted by Crippen LogP contribution is -2.11. The summed E-state index contributed by atoms with van der Waals surface area (Å²) in [5.41, 5.74) is 2.24. The van der Waals surface area contributed by atoms with Crippen LogP contribution in [0.1, 0.15) is 98.0 Å². The Morgan fingerprint density at radius 1 is 0.672 bits per heavy atom. The Kier molecular flexibility index (Phi) is 6.13. The Morgan fingerprint density at radius 2 is 1.43 bits per heavy atom. The number of imidazole rings is 1. The smallest absolute Gasteiger partial charge is 0.149 e. The minimum atomic E-state index is -3.91. The molecule has 0 radical (unpaired) electrons. The average molecular weight is 776 g/mol. The van der Waals surface area contributed by atoms with Gasteiger partial charge in [0.2, 0.25) is 0 Å². The molecule has 58 heavy (non-hydrogen) atoms. The van der Waals surface area contributed by atoms with Crippen LogP contribution in [0.25, 0.3) is 72.7 Å². The van der Waals surface area contributed by atoms with E-state index < -0.39 is 90.5 Å². The molecule has 8 rings (SSSR count). The van der Waals surface area contributed by atoms with Gasteiger partial charge in [-0.25, -0.2) is 4.98 Å². The normalized spacial score (nSPS) is 16.7. The van der Waals surface area contributed by atoms with E-state index >= 15 is 0 Å². The van der Waals surface area contributed by atoms with Crippen molar-refractivity contribution >= 4 is 11.0 Å². The fourth-order valence-corrected chi connectivity index (χ4v) is 7.37. The molecule has 0 bridgehead atoms. The largest absolute Gasteiger partial charge is 0.507 e. The summed E-state index contributed by atoms with van der Waals surface area (Å²) < 4.78 is 140. The van der Waals surface area contributed by atoms with Gasteiger partial charge in [-0.3, -0.25) is 9.55 Å². The topological polar surface area (TPSA) is 50.9 Å². The van der Waals surface area contributed by atoms with Gasteiger partial charge in [0.05, 0.1) is 31.9 Å². The maximum Gasteiger partial charge on any atom is 0.149 e. The zero-order valence-corrected chi connectivity index (χ0v) is 33.2. The van der Waals surface area contributed by atoms with Crippen LogP contribution in [0, 0.1) is 13.8 Å². The molecule has 0 aliphatic heterocycles. The average Bonchev–Trinajstić information content (AvgIpc) is 3.71. The number of hydrogen-bond donors (Lipinski definition) is 1. The summed E-state index contributed by atoms with van der Waals surface area (Å²) in [6.45, 7) is 0.0575. The molecule has 2 aromatic heterocycles. The van der Waals surface area contributed by atoms with E-state index in [-0.39, 0.29) is 17.0 Å². The van der Waals surface area contributed by atoms with Gasteiger partial charge in [0.25, 0.3) is 0 Å². The lowest BCUT2D eigenvalue weighted by atomic mass is 9.83. The predicted molar refractivity (Wildman–Crippen MR) is 244 cm³/mol. The number of aryl methyl sites for hydroxylation is 3. The monoisotopic (exact) mass is 776 g/mol. The van der Waals surface area contributed by atoms with Crippen LogP contribution in [0.5, 0.6) is 5.75 Å². The molecule has 2 heterocycles. The van der Waals surface area contributed by atoms with Crippen LogP contribution in [0.3, 0.4) is 0 Å². The summed E-state index contributed by atoms with van der Waals surface area (Å²) in [5, 5.41) is 11.7. The fourth-order valence-electron chi connectivity index (χ4n) is 7.37. The molecule has 0 aliphatic rings. The highest BCUT2D eigenvalue weighted by Gasteiger charge is 2.24. The van der Waals surface area contributed by atoms with Gasteiger partial charge in [-0.05, 0) is 135 Å². The highest BCUT2D eigenvalue weighted by atomic mass is 16.3. The van der Waals surface area contributed by atoms with Crippen LogP contribution in [0.4, 0.5) is 0 Å². The number of para-hydroxylation sites is 1. The van der Waals surface area contributed by atoms with E-state index in [0.29, 0.717) is 39.1 Å². The third-order valence-electron chi connectivity index (χ3n) is 10.4. The number of nitrogens with zero attached hydrogens (tertiary/aromatic N) is 3. The Labute approximate surface area is 366 Å². The second kappa shape index (κ2) is 14.9. The first-order chi connectivity index (χ1) is 34.4. The molecule has 0 amide bonds. The fraction of sp³-hybridized carbons (Fsp3) is 0.222. The molecule has 0 atom stereocenters. The summed E-state index contributed by atoms with van der Waals surface area (Å²) >= 11 is 0. The first-order valence-electron chi connectivity index (χ1n) is 27.1. The number of rotatable bonds is 7. The van der Waals surface area contributed by atoms with Crippen molar-refractivity contribution in [2.75, 3.05) is 0 Å². The van der Waals surface area contributed by atoms with Gasteiger partial charge in [0.15, 0.2) is 0 Å². The Morgan fingerprint density at radius 3 is 2.16 bits per heavy atom. The van der Waals surface area contributed by atoms with E-state index in [0.717, 1.165) is 39.9 Å². The minimum absolute atomic E-state index is 0.0683. The molecule has 0 unspecified atom stereocenters. The molecular formula is C54H53N3O. The number of fused-ring (bicyclic) bond motifs is 1. The van der Waals surface area contributed by atoms with E-state index in [1.54, 1.807) is 12.1 Å². The van der Waals surface area contributed by atoms with Gasteiger partial charge in [-0.15, -0.1) is 0 Å². The number of aromatic nitrogens is 3. The van der Waals surface area contributed by atoms with Gasteiger partial charge in [-0.2, -0.15) is 0 Å². The van der Waals surface area contributed by atoms with Gasteiger partial charge < -0.3 is 5.11 Å². The molecule has 1 N–H and O–H groups in total. The molecule has 0 saturated heterocycles. The highest BCUT2D eigenvalue weighted by molar-refractivity contribution is 5.97. The molecule has 290 valence electrons. The van der Waals surface area contributed by atoms with Crippen molar-refractivity contribution in [1.82, 2.24) is 14.5 Å². The van der Waals surface area contributed by atoms with Crippen molar-refractivity contribution in [3.8, 4) is 67.5 Å². The van der Waals surface area contributed by atoms with Crippen molar-refractivity contribution in [1.29, 1.82) is 0 Å². The number of hydrogen-bond acceptors (Lipinski definition) is 3. The molecule has 4 nitrogen and oxygen atoms in total. The van der Waals surface area contributed by atoms with Crippen molar-refractivity contribution in [3.63, 3.8) is 0 Å². The lowest BCUT2D eigenvalue weighted by molar-refractivity contribution is 0.472. The summed E-state index contributed by atoms with van der Waals surface area (Å²) in [4.78, 5) is 9.70. The molecule has 6 aromatic carbocycles. The molecule has 8 aromatic rings. The van der Waals surface area contributed by atoms with Crippen LogP contribution in [-0.2, 0) is 17.3 Å². The first-order valence-corrected chi connectivity index (χ1v) is 19.1. The summed E-state index contributed by atoms with van der Waals surface area (Å²) in [7, 11) is 0. The van der Waals surface area contributed by atoms with E-state index in [2.05, 4.69) is 36.2 Å². The predicted octanol–water partition coefficient (Wildman–Crippen LogP) is 14.2. The van der Waals surface area contributed by atoms with Gasteiger partial charge in [0.1, 0.15) is 11.6 Å². The standard InChI is InChI=1S/C54H53N3O/c1-10-36-32-44(23-24-45(36)38-15-12-11-13-16-38)57-49-18-14-17-46(50(49)56-52(57)47-28-34(2)27-35(3)51(47)58)40-29-41(31-43(30-40)54(7,8)9)48-33-39(25-26-55-48)37-19-21-42(22-20-37)53(4,5)6/h11-33,58H,10H2,1-9H3/i4D3,5D3,6D3,19D,20D,21D,22D,25D,26D,33D. The number of pyridine rings is 1. The quantitative estimate of drug-likeness (QED) is 0.175. The van der Waals surface area contributed by atoms with Crippen molar-refractivity contribution < 1.29 is 27.0 Å². The van der Waals surface area contributed by atoms with Gasteiger partial charge in [-0.1, -0.05) is 133 Å². The maximum atomic E-state index is 11.7. The van der Waals surface area contributed by atoms with E-state index in [9.17, 15) is 6.48 Å². The second-order valence-corrected chi connectivity index (χ2v) is 15.7. The van der Waals surface area contributed by atoms with E-state index in [4.69, 9.17) is 25.5 Å². The maximum absolute atomic E-state index is 11.7. The Balaban J connectivity index is 1.40. The molecule has 0 fully saturated rings. The molecule has 0 saturated carbocycles. The van der Waals surface area contributed by atoms with Crippen LogP contribution in [-0.4, -0.2) is 19.6 Å². The zero-order chi connectivity index (χ0) is 54.5. The first kappa shape index (κ1) is 23.8. The van der Waals surface area contributed by atoms with Crippen LogP contribution in [0.2, 0.25) is 0 Å². The molecular weight excluding hydrogens is 707 g/mol. The summed E-state index contributed by atoms with van der Waals surface area (Å²) in [6, 6.07) is 25.1. The number of phenols is 1. The van der Waals surface area contributed by atoms with Crippen LogP contribution < -0.4 is 0 Å². The molecule has 4 heteroatoms. The van der Waals surface area contributed by atoms with Crippen LogP contribution in [0.15, 0.2) is 139 Å². The van der Waals surface area contributed by atoms with E-state index in [1.807, 2.05) is 99.8 Å². The highest BCUT2D eigenvalue weighted by Crippen LogP contribution is 2.42. The summed E-state index contributed by atoms with van der Waals surface area (Å²) in [6.07, 6.45) is 0.00400. The van der Waals surface area contributed by atoms with Crippen molar-refractivity contribution in [2.24, 2.45) is 0 Å².